The average Bonchev–Trinajstić information content (AvgIpc) is 2.39. The number of nitrogens with zero attached hydrogens (tertiary/aromatic N) is 1. The first-order valence-corrected chi connectivity index (χ1v) is 7.72. The van der Waals surface area contributed by atoms with Gasteiger partial charge in [-0.3, -0.25) is 0 Å². The minimum Gasteiger partial charge on any atom is -0.327 e. The van der Waals surface area contributed by atoms with Crippen molar-refractivity contribution in [3.05, 3.63) is 35.1 Å². The van der Waals surface area contributed by atoms with Crippen LogP contribution in [0.15, 0.2) is 18.2 Å². The lowest BCUT2D eigenvalue weighted by Crippen LogP contribution is -2.45. The van der Waals surface area contributed by atoms with Crippen LogP contribution in [-0.4, -0.2) is 27.8 Å². The predicted molar refractivity (Wildman–Crippen MR) is 85.6 cm³/mol. The van der Waals surface area contributed by atoms with Gasteiger partial charge in [-0.15, -0.1) is 0 Å². The number of aryl methyl sites for hydroxylation is 1. The van der Waals surface area contributed by atoms with Crippen LogP contribution >= 0.6 is 34.8 Å². The van der Waals surface area contributed by atoms with Crippen molar-refractivity contribution >= 4 is 40.8 Å². The number of amides is 2. The zero-order chi connectivity index (χ0) is 16.2. The third-order valence-electron chi connectivity index (χ3n) is 3.18. The summed E-state index contributed by atoms with van der Waals surface area (Å²) in [7, 11) is 0. The van der Waals surface area contributed by atoms with Crippen molar-refractivity contribution in [1.29, 1.82) is 0 Å². The molecule has 0 saturated carbocycles. The molecule has 1 rings (SSSR count). The predicted octanol–water partition coefficient (Wildman–Crippen LogP) is 4.60. The van der Waals surface area contributed by atoms with Gasteiger partial charge in [0.1, 0.15) is 11.9 Å². The maximum atomic E-state index is 13.7. The molecule has 1 aromatic carbocycles. The smallest absolute Gasteiger partial charge is 0.318 e. The fourth-order valence-corrected chi connectivity index (χ4v) is 2.41. The number of rotatable bonds is 4. The molecule has 0 bridgehead atoms. The summed E-state index contributed by atoms with van der Waals surface area (Å²) in [5, 5.41) is 2.65. The van der Waals surface area contributed by atoms with E-state index in [4.69, 9.17) is 34.8 Å². The Balaban J connectivity index is 3.07. The van der Waals surface area contributed by atoms with Crippen LogP contribution in [-0.2, 0) is 0 Å². The maximum absolute atomic E-state index is 13.7. The van der Waals surface area contributed by atoms with Gasteiger partial charge in [0.25, 0.3) is 0 Å². The van der Waals surface area contributed by atoms with Crippen LogP contribution in [0.1, 0.15) is 31.0 Å². The monoisotopic (exact) mass is 354 g/mol. The molecular weight excluding hydrogens is 338 g/mol. The molecule has 3 nitrogen and oxygen atoms in total. The summed E-state index contributed by atoms with van der Waals surface area (Å²) in [6.45, 7) is 6.38. The van der Waals surface area contributed by atoms with E-state index >= 15 is 0 Å². The molecule has 2 amide bonds. The van der Waals surface area contributed by atoms with Crippen molar-refractivity contribution in [2.45, 2.75) is 30.6 Å². The van der Waals surface area contributed by atoms with Crippen LogP contribution in [0.25, 0.3) is 0 Å². The fourth-order valence-electron chi connectivity index (χ4n) is 1.87. The Morgan fingerprint density at radius 3 is 2.33 bits per heavy atom. The molecule has 0 fully saturated rings. The van der Waals surface area contributed by atoms with Gasteiger partial charge in [-0.2, -0.15) is 0 Å². The average molecular weight is 356 g/mol. The molecule has 1 N–H and O–H groups in total. The zero-order valence-corrected chi connectivity index (χ0v) is 14.4. The summed E-state index contributed by atoms with van der Waals surface area (Å²) < 4.78 is 11.9. The summed E-state index contributed by atoms with van der Waals surface area (Å²) in [5.74, 6) is -0.413. The summed E-state index contributed by atoms with van der Waals surface area (Å²) in [6, 6.07) is 3.18. The lowest BCUT2D eigenvalue weighted by atomic mass is 10.1. The van der Waals surface area contributed by atoms with E-state index in [0.717, 1.165) is 0 Å². The summed E-state index contributed by atoms with van der Waals surface area (Å²) in [5.41, 5.74) is 0.885. The first kappa shape index (κ1) is 18.3. The van der Waals surface area contributed by atoms with E-state index in [1.165, 1.54) is 6.07 Å². The van der Waals surface area contributed by atoms with E-state index < -0.39 is 15.7 Å². The third kappa shape index (κ3) is 4.90. The summed E-state index contributed by atoms with van der Waals surface area (Å²) in [6.07, 6.45) is 0. The Kier molecular flexibility index (Phi) is 6.57. The van der Waals surface area contributed by atoms with Crippen molar-refractivity contribution in [1.82, 2.24) is 10.2 Å². The van der Waals surface area contributed by atoms with Gasteiger partial charge >= 0.3 is 6.03 Å². The second kappa shape index (κ2) is 7.52. The Labute approximate surface area is 139 Å². The molecule has 1 atom stereocenters. The van der Waals surface area contributed by atoms with Crippen LogP contribution in [0.2, 0.25) is 0 Å². The molecule has 0 aliphatic rings. The Morgan fingerprint density at radius 2 is 1.90 bits per heavy atom. The Morgan fingerprint density at radius 1 is 1.33 bits per heavy atom. The topological polar surface area (TPSA) is 32.3 Å². The van der Waals surface area contributed by atoms with Gasteiger partial charge in [-0.25, -0.2) is 9.18 Å². The molecule has 0 aliphatic carbocycles. The molecule has 1 aromatic rings. The largest absolute Gasteiger partial charge is 0.327 e. The van der Waals surface area contributed by atoms with Crippen molar-refractivity contribution < 1.29 is 9.18 Å². The highest BCUT2D eigenvalue weighted by Crippen LogP contribution is 2.40. The lowest BCUT2D eigenvalue weighted by molar-refractivity contribution is 0.199. The molecule has 0 spiro atoms. The van der Waals surface area contributed by atoms with Crippen LogP contribution in [0.4, 0.5) is 9.18 Å². The van der Waals surface area contributed by atoms with Gasteiger partial charge in [-0.1, -0.05) is 46.9 Å². The van der Waals surface area contributed by atoms with E-state index in [1.54, 1.807) is 24.0 Å². The highest BCUT2D eigenvalue weighted by atomic mass is 35.6. The zero-order valence-electron chi connectivity index (χ0n) is 12.1. The van der Waals surface area contributed by atoms with Gasteiger partial charge in [0.05, 0.1) is 0 Å². The van der Waals surface area contributed by atoms with Gasteiger partial charge in [0, 0.05) is 13.1 Å². The van der Waals surface area contributed by atoms with Gasteiger partial charge in [0.2, 0.25) is 3.79 Å². The minimum absolute atomic E-state index is 0.364. The molecule has 0 radical (unpaired) electrons. The highest BCUT2D eigenvalue weighted by molar-refractivity contribution is 6.68. The van der Waals surface area contributed by atoms with Crippen molar-refractivity contribution in [2.75, 3.05) is 13.1 Å². The lowest BCUT2D eigenvalue weighted by Gasteiger charge is -2.29. The molecule has 7 heteroatoms. The molecule has 0 heterocycles. The quantitative estimate of drug-likeness (QED) is 0.787. The second-order valence-corrected chi connectivity index (χ2v) is 6.97. The van der Waals surface area contributed by atoms with E-state index in [-0.39, 0.29) is 6.03 Å². The second-order valence-electron chi connectivity index (χ2n) is 4.61. The summed E-state index contributed by atoms with van der Waals surface area (Å²) >= 11 is 17.8. The highest BCUT2D eigenvalue weighted by Gasteiger charge is 2.36. The Hall–Kier alpha value is -0.710. The molecule has 0 unspecified atom stereocenters. The number of urea groups is 1. The van der Waals surface area contributed by atoms with Gasteiger partial charge in [-0.05, 0) is 38.0 Å². The van der Waals surface area contributed by atoms with Crippen LogP contribution < -0.4 is 5.32 Å². The maximum Gasteiger partial charge on any atom is 0.318 e. The number of nitrogens with one attached hydrogen (secondary N) is 1. The first-order valence-electron chi connectivity index (χ1n) is 6.58. The van der Waals surface area contributed by atoms with Crippen LogP contribution in [0, 0.1) is 12.7 Å². The molecule has 21 heavy (non-hydrogen) atoms. The van der Waals surface area contributed by atoms with Crippen molar-refractivity contribution in [3.63, 3.8) is 0 Å². The number of alkyl halides is 3. The van der Waals surface area contributed by atoms with E-state index in [2.05, 4.69) is 5.32 Å². The number of halogens is 4. The number of carbonyl (C=O) groups excluding carboxylic acids is 1. The van der Waals surface area contributed by atoms with Crippen molar-refractivity contribution in [2.24, 2.45) is 0 Å². The SMILES string of the molecule is CCN(CC)C(=O)N[C@H](c1ccc(C)c(F)c1)C(Cl)(Cl)Cl. The van der Waals surface area contributed by atoms with Gasteiger partial charge in [0.15, 0.2) is 0 Å². The first-order chi connectivity index (χ1) is 9.70. The van der Waals surface area contributed by atoms with Crippen molar-refractivity contribution in [3.8, 4) is 0 Å². The molecule has 118 valence electrons. The minimum atomic E-state index is -1.79. The van der Waals surface area contributed by atoms with Gasteiger partial charge < -0.3 is 10.2 Å². The van der Waals surface area contributed by atoms with E-state index in [9.17, 15) is 9.18 Å². The molecule has 0 aromatic heterocycles. The standard InChI is InChI=1S/C14H18Cl3FN2O/c1-4-20(5-2)13(21)19-12(14(15,16)17)10-7-6-9(3)11(18)8-10/h6-8,12H,4-5H2,1-3H3,(H,19,21)/t12-/m1/s1. The number of hydrogen-bond acceptors (Lipinski definition) is 1. The van der Waals surface area contributed by atoms with Crippen LogP contribution in [0.5, 0.6) is 0 Å². The number of benzene rings is 1. The molecular formula is C14H18Cl3FN2O. The number of hydrogen-bond donors (Lipinski definition) is 1. The summed E-state index contributed by atoms with van der Waals surface area (Å²) in [4.78, 5) is 13.7. The normalized spacial score (nSPS) is 12.9. The van der Waals surface area contributed by atoms with Crippen LogP contribution in [0.3, 0.4) is 0 Å². The fraction of sp³-hybridized carbons (Fsp3) is 0.500. The molecule has 0 saturated heterocycles. The third-order valence-corrected chi connectivity index (χ3v) is 3.83. The van der Waals surface area contributed by atoms with E-state index in [1.807, 2.05) is 13.8 Å². The Bertz CT molecular complexity index is 501. The van der Waals surface area contributed by atoms with E-state index in [0.29, 0.717) is 24.2 Å². The number of carbonyl (C=O) groups is 1. The molecule has 0 aliphatic heterocycles.